The standard InChI is InChI=1S/C16H23NO5S/c1-6-22-16(20)13-9(2)14(17-10(13)3)15(19)11(4)23-8-7-12(18)21-5/h11,17H,6-8H2,1-5H3/t11-/m0/s1. The zero-order valence-corrected chi connectivity index (χ0v) is 15.0. The third-order valence-electron chi connectivity index (χ3n) is 3.43. The van der Waals surface area contributed by atoms with Crippen LogP contribution in [-0.4, -0.2) is 47.4 Å². The highest BCUT2D eigenvalue weighted by molar-refractivity contribution is 8.00. The van der Waals surface area contributed by atoms with Gasteiger partial charge in [-0.15, -0.1) is 11.8 Å². The molecule has 23 heavy (non-hydrogen) atoms. The highest BCUT2D eigenvalue weighted by Crippen LogP contribution is 2.24. The topological polar surface area (TPSA) is 85.5 Å². The van der Waals surface area contributed by atoms with Crippen LogP contribution in [0.4, 0.5) is 0 Å². The monoisotopic (exact) mass is 341 g/mol. The lowest BCUT2D eigenvalue weighted by atomic mass is 10.1. The number of ketones is 1. The summed E-state index contributed by atoms with van der Waals surface area (Å²) in [5.74, 6) is -0.322. The van der Waals surface area contributed by atoms with Crippen molar-refractivity contribution >= 4 is 29.5 Å². The van der Waals surface area contributed by atoms with E-state index >= 15 is 0 Å². The van der Waals surface area contributed by atoms with E-state index in [0.29, 0.717) is 28.3 Å². The van der Waals surface area contributed by atoms with Gasteiger partial charge < -0.3 is 14.5 Å². The van der Waals surface area contributed by atoms with Gasteiger partial charge in [0, 0.05) is 11.4 Å². The van der Waals surface area contributed by atoms with Crippen molar-refractivity contribution in [2.45, 2.75) is 39.4 Å². The third-order valence-corrected chi connectivity index (χ3v) is 4.59. The molecule has 128 valence electrons. The minimum absolute atomic E-state index is 0.101. The summed E-state index contributed by atoms with van der Waals surface area (Å²) in [6, 6.07) is 0. The third kappa shape index (κ3) is 4.86. The van der Waals surface area contributed by atoms with E-state index in [1.807, 2.05) is 0 Å². The average molecular weight is 341 g/mol. The predicted molar refractivity (Wildman–Crippen MR) is 89.1 cm³/mol. The number of hydrogen-bond acceptors (Lipinski definition) is 6. The van der Waals surface area contributed by atoms with E-state index in [1.165, 1.54) is 18.9 Å². The highest BCUT2D eigenvalue weighted by atomic mass is 32.2. The van der Waals surface area contributed by atoms with Gasteiger partial charge in [0.25, 0.3) is 0 Å². The number of methoxy groups -OCH3 is 1. The first kappa shape index (κ1) is 19.3. The SMILES string of the molecule is CCOC(=O)c1c(C)[nH]c(C(=O)[C@H](C)SCCC(=O)OC)c1C. The highest BCUT2D eigenvalue weighted by Gasteiger charge is 2.25. The van der Waals surface area contributed by atoms with Gasteiger partial charge >= 0.3 is 11.9 Å². The van der Waals surface area contributed by atoms with E-state index in [1.54, 1.807) is 27.7 Å². The summed E-state index contributed by atoms with van der Waals surface area (Å²) in [4.78, 5) is 38.6. The van der Waals surface area contributed by atoms with E-state index in [0.717, 1.165) is 0 Å². The van der Waals surface area contributed by atoms with Crippen molar-refractivity contribution in [3.63, 3.8) is 0 Å². The van der Waals surface area contributed by atoms with E-state index in [4.69, 9.17) is 4.74 Å². The van der Waals surface area contributed by atoms with Crippen LogP contribution in [0, 0.1) is 13.8 Å². The van der Waals surface area contributed by atoms with Gasteiger partial charge in [0.15, 0.2) is 5.78 Å². The van der Waals surface area contributed by atoms with Crippen molar-refractivity contribution in [3.05, 3.63) is 22.5 Å². The molecule has 0 bridgehead atoms. The number of H-pyrrole nitrogens is 1. The summed E-state index contributed by atoms with van der Waals surface area (Å²) >= 11 is 1.38. The Morgan fingerprint density at radius 3 is 2.48 bits per heavy atom. The lowest BCUT2D eigenvalue weighted by Gasteiger charge is -2.09. The molecule has 1 aromatic heterocycles. The first-order valence-corrected chi connectivity index (χ1v) is 8.47. The van der Waals surface area contributed by atoms with Gasteiger partial charge in [0.1, 0.15) is 0 Å². The van der Waals surface area contributed by atoms with Crippen molar-refractivity contribution in [2.75, 3.05) is 19.5 Å². The van der Waals surface area contributed by atoms with Crippen LogP contribution in [-0.2, 0) is 14.3 Å². The maximum Gasteiger partial charge on any atom is 0.340 e. The van der Waals surface area contributed by atoms with Gasteiger partial charge in [-0.25, -0.2) is 4.79 Å². The maximum absolute atomic E-state index is 12.5. The molecule has 0 saturated carbocycles. The second-order valence-electron chi connectivity index (χ2n) is 5.05. The van der Waals surface area contributed by atoms with Crippen LogP contribution >= 0.6 is 11.8 Å². The van der Waals surface area contributed by atoms with Crippen LogP contribution in [0.3, 0.4) is 0 Å². The van der Waals surface area contributed by atoms with Crippen LogP contribution in [0.5, 0.6) is 0 Å². The number of ether oxygens (including phenoxy) is 2. The Hall–Kier alpha value is -1.76. The van der Waals surface area contributed by atoms with Gasteiger partial charge in [0.05, 0.1) is 36.6 Å². The van der Waals surface area contributed by atoms with Gasteiger partial charge in [-0.05, 0) is 33.3 Å². The molecule has 0 amide bonds. The predicted octanol–water partition coefficient (Wildman–Crippen LogP) is 2.68. The summed E-state index contributed by atoms with van der Waals surface area (Å²) in [5, 5.41) is -0.327. The summed E-state index contributed by atoms with van der Waals surface area (Å²) < 4.78 is 9.59. The molecule has 1 rings (SSSR count). The number of nitrogens with one attached hydrogen (secondary N) is 1. The largest absolute Gasteiger partial charge is 0.469 e. The van der Waals surface area contributed by atoms with E-state index in [2.05, 4.69) is 9.72 Å². The Bertz CT molecular complexity index is 594. The summed E-state index contributed by atoms with van der Waals surface area (Å²) in [7, 11) is 1.34. The molecule has 1 heterocycles. The fourth-order valence-electron chi connectivity index (χ4n) is 2.21. The van der Waals surface area contributed by atoms with Gasteiger partial charge in [-0.1, -0.05) is 0 Å². The van der Waals surface area contributed by atoms with Crippen molar-refractivity contribution < 1.29 is 23.9 Å². The fourth-order valence-corrected chi connectivity index (χ4v) is 3.11. The minimum Gasteiger partial charge on any atom is -0.469 e. The zero-order chi connectivity index (χ0) is 17.6. The Kier molecular flexibility index (Phi) is 7.35. The minimum atomic E-state index is -0.427. The summed E-state index contributed by atoms with van der Waals surface area (Å²) in [5.41, 5.74) is 2.06. The Morgan fingerprint density at radius 1 is 1.26 bits per heavy atom. The number of thioether (sulfide) groups is 1. The second-order valence-corrected chi connectivity index (χ2v) is 6.50. The van der Waals surface area contributed by atoms with Crippen molar-refractivity contribution in [1.29, 1.82) is 0 Å². The molecule has 0 aromatic carbocycles. The molecule has 6 nitrogen and oxygen atoms in total. The summed E-state index contributed by atoms with van der Waals surface area (Å²) in [6.07, 6.45) is 0.260. The fraction of sp³-hybridized carbons (Fsp3) is 0.562. The van der Waals surface area contributed by atoms with Crippen LogP contribution in [0.1, 0.15) is 52.4 Å². The Labute approximate surface area is 140 Å². The van der Waals surface area contributed by atoms with Crippen molar-refractivity contribution in [3.8, 4) is 0 Å². The van der Waals surface area contributed by atoms with E-state index in [-0.39, 0.29) is 30.0 Å². The van der Waals surface area contributed by atoms with Crippen LogP contribution in [0.15, 0.2) is 0 Å². The lowest BCUT2D eigenvalue weighted by molar-refractivity contribution is -0.140. The molecule has 1 N–H and O–H groups in total. The van der Waals surface area contributed by atoms with Gasteiger partial charge in [-0.3, -0.25) is 9.59 Å². The molecule has 1 aromatic rings. The first-order valence-electron chi connectivity index (χ1n) is 7.42. The smallest absolute Gasteiger partial charge is 0.340 e. The molecule has 7 heteroatoms. The number of aryl methyl sites for hydroxylation is 1. The first-order chi connectivity index (χ1) is 10.8. The number of carbonyl (C=O) groups excluding carboxylic acids is 3. The number of aromatic nitrogens is 1. The molecule has 0 unspecified atom stereocenters. The van der Waals surface area contributed by atoms with Crippen LogP contribution in [0.2, 0.25) is 0 Å². The van der Waals surface area contributed by atoms with Crippen molar-refractivity contribution in [1.82, 2.24) is 4.98 Å². The Morgan fingerprint density at radius 2 is 1.91 bits per heavy atom. The van der Waals surface area contributed by atoms with Crippen LogP contribution < -0.4 is 0 Å². The molecule has 0 saturated heterocycles. The van der Waals surface area contributed by atoms with Gasteiger partial charge in [0.2, 0.25) is 0 Å². The lowest BCUT2D eigenvalue weighted by Crippen LogP contribution is -2.17. The number of Topliss-reactive ketones (excluding diaryl/α,β-unsaturated/α-hetero) is 1. The molecule has 0 aliphatic rings. The molecule has 0 fully saturated rings. The quantitative estimate of drug-likeness (QED) is 0.578. The van der Waals surface area contributed by atoms with E-state index in [9.17, 15) is 14.4 Å². The molecule has 0 aliphatic carbocycles. The molecule has 0 aliphatic heterocycles. The number of hydrogen-bond donors (Lipinski definition) is 1. The maximum atomic E-state index is 12.5. The van der Waals surface area contributed by atoms with Crippen LogP contribution in [0.25, 0.3) is 0 Å². The zero-order valence-electron chi connectivity index (χ0n) is 14.1. The summed E-state index contributed by atoms with van der Waals surface area (Å²) in [6.45, 7) is 7.27. The second kappa shape index (κ2) is 8.76. The number of aromatic amines is 1. The molecule has 0 spiro atoms. The molecule has 0 radical (unpaired) electrons. The molecular weight excluding hydrogens is 318 g/mol. The van der Waals surface area contributed by atoms with Crippen molar-refractivity contribution in [2.24, 2.45) is 0 Å². The number of carbonyl (C=O) groups is 3. The molecule has 1 atom stereocenters. The average Bonchev–Trinajstić information content (AvgIpc) is 2.81. The normalized spacial score (nSPS) is 11.9. The number of esters is 2. The van der Waals surface area contributed by atoms with Gasteiger partial charge in [-0.2, -0.15) is 0 Å². The number of rotatable bonds is 8. The van der Waals surface area contributed by atoms with E-state index < -0.39 is 5.97 Å². The molecular formula is C16H23NO5S. The Balaban J connectivity index is 2.82.